The maximum absolute atomic E-state index is 12.1. The Balaban J connectivity index is 1.62. The number of hydrogen-bond acceptors (Lipinski definition) is 2. The third-order valence-electron chi connectivity index (χ3n) is 3.90. The van der Waals surface area contributed by atoms with E-state index in [0.29, 0.717) is 17.7 Å². The number of nitrogens with zero attached hydrogens (tertiary/aromatic N) is 1. The summed E-state index contributed by atoms with van der Waals surface area (Å²) in [6.45, 7) is 1.92. The first-order valence-corrected chi connectivity index (χ1v) is 7.05. The van der Waals surface area contributed by atoms with Crippen molar-refractivity contribution in [1.82, 2.24) is 4.90 Å². The fraction of sp³-hybridized carbons (Fsp3) is 0.615. The van der Waals surface area contributed by atoms with Gasteiger partial charge in [-0.05, 0) is 30.7 Å². The van der Waals surface area contributed by atoms with Gasteiger partial charge in [-0.15, -0.1) is 11.3 Å². The standard InChI is InChI=1S/C13H17NOS/c15-13(10-3-1-4-10)14-7-6-11(9-14)12-5-2-8-16-12/h2,5,8,10-11H,1,3-4,6-7,9H2. The first-order chi connectivity index (χ1) is 7.84. The van der Waals surface area contributed by atoms with Crippen LogP contribution < -0.4 is 0 Å². The third-order valence-corrected chi connectivity index (χ3v) is 4.93. The van der Waals surface area contributed by atoms with Gasteiger partial charge in [0.15, 0.2) is 0 Å². The smallest absolute Gasteiger partial charge is 0.225 e. The van der Waals surface area contributed by atoms with Crippen LogP contribution in [0.1, 0.15) is 36.5 Å². The van der Waals surface area contributed by atoms with E-state index in [2.05, 4.69) is 22.4 Å². The number of amides is 1. The summed E-state index contributed by atoms with van der Waals surface area (Å²) in [5, 5.41) is 2.13. The molecule has 3 heteroatoms. The summed E-state index contributed by atoms with van der Waals surface area (Å²) in [7, 11) is 0. The summed E-state index contributed by atoms with van der Waals surface area (Å²) in [5.41, 5.74) is 0. The van der Waals surface area contributed by atoms with Crippen LogP contribution in [0.4, 0.5) is 0 Å². The van der Waals surface area contributed by atoms with Crippen LogP contribution in [0.25, 0.3) is 0 Å². The molecule has 2 aliphatic rings. The van der Waals surface area contributed by atoms with Crippen LogP contribution in [-0.4, -0.2) is 23.9 Å². The average molecular weight is 235 g/mol. The highest BCUT2D eigenvalue weighted by Crippen LogP contribution is 2.34. The number of carbonyl (C=O) groups excluding carboxylic acids is 1. The Bertz CT molecular complexity index is 369. The second-order valence-corrected chi connectivity index (χ2v) is 5.89. The third kappa shape index (κ3) is 1.77. The zero-order valence-corrected chi connectivity index (χ0v) is 10.2. The second-order valence-electron chi connectivity index (χ2n) is 4.91. The zero-order chi connectivity index (χ0) is 11.0. The molecular formula is C13H17NOS. The molecule has 1 amide bonds. The molecule has 1 unspecified atom stereocenters. The molecule has 2 fully saturated rings. The molecule has 1 aliphatic heterocycles. The Morgan fingerprint density at radius 3 is 2.88 bits per heavy atom. The van der Waals surface area contributed by atoms with Gasteiger partial charge < -0.3 is 4.90 Å². The summed E-state index contributed by atoms with van der Waals surface area (Å²) in [4.78, 5) is 15.6. The lowest BCUT2D eigenvalue weighted by atomic mass is 9.84. The lowest BCUT2D eigenvalue weighted by Crippen LogP contribution is -2.37. The van der Waals surface area contributed by atoms with Crippen LogP contribution >= 0.6 is 11.3 Å². The quantitative estimate of drug-likeness (QED) is 0.772. The van der Waals surface area contributed by atoms with E-state index in [-0.39, 0.29) is 0 Å². The minimum Gasteiger partial charge on any atom is -0.342 e. The van der Waals surface area contributed by atoms with E-state index in [4.69, 9.17) is 0 Å². The van der Waals surface area contributed by atoms with Gasteiger partial charge in [0.25, 0.3) is 0 Å². The van der Waals surface area contributed by atoms with Crippen molar-refractivity contribution in [3.63, 3.8) is 0 Å². The van der Waals surface area contributed by atoms with Crippen LogP contribution in [-0.2, 0) is 4.79 Å². The lowest BCUT2D eigenvalue weighted by Gasteiger charge is -2.29. The largest absolute Gasteiger partial charge is 0.342 e. The van der Waals surface area contributed by atoms with Gasteiger partial charge >= 0.3 is 0 Å². The van der Waals surface area contributed by atoms with Gasteiger partial charge in [0.05, 0.1) is 0 Å². The molecule has 0 radical (unpaired) electrons. The van der Waals surface area contributed by atoms with Gasteiger partial charge in [-0.3, -0.25) is 4.79 Å². The van der Waals surface area contributed by atoms with Crippen molar-refractivity contribution in [1.29, 1.82) is 0 Å². The first-order valence-electron chi connectivity index (χ1n) is 6.17. The van der Waals surface area contributed by atoms with E-state index < -0.39 is 0 Å². The number of thiophene rings is 1. The van der Waals surface area contributed by atoms with Crippen molar-refractivity contribution in [3.05, 3.63) is 22.4 Å². The first kappa shape index (κ1) is 10.3. The van der Waals surface area contributed by atoms with E-state index >= 15 is 0 Å². The lowest BCUT2D eigenvalue weighted by molar-refractivity contribution is -0.137. The molecule has 2 nitrogen and oxygen atoms in total. The Hall–Kier alpha value is -0.830. The van der Waals surface area contributed by atoms with Crippen LogP contribution in [0.3, 0.4) is 0 Å². The number of rotatable bonds is 2. The molecule has 16 heavy (non-hydrogen) atoms. The van der Waals surface area contributed by atoms with E-state index in [9.17, 15) is 4.79 Å². The van der Waals surface area contributed by atoms with Gasteiger partial charge in [-0.1, -0.05) is 12.5 Å². The Morgan fingerprint density at radius 2 is 2.25 bits per heavy atom. The fourth-order valence-corrected chi connectivity index (χ4v) is 3.49. The molecule has 3 rings (SSSR count). The molecule has 0 spiro atoms. The van der Waals surface area contributed by atoms with E-state index in [1.165, 1.54) is 11.3 Å². The van der Waals surface area contributed by atoms with Crippen LogP contribution in [0, 0.1) is 5.92 Å². The van der Waals surface area contributed by atoms with Crippen molar-refractivity contribution in [2.75, 3.05) is 13.1 Å². The van der Waals surface area contributed by atoms with Crippen molar-refractivity contribution in [2.45, 2.75) is 31.6 Å². The number of hydrogen-bond donors (Lipinski definition) is 0. The fourth-order valence-electron chi connectivity index (χ4n) is 2.63. The van der Waals surface area contributed by atoms with Gasteiger partial charge in [0, 0.05) is 29.8 Å². The topological polar surface area (TPSA) is 20.3 Å². The number of likely N-dealkylation sites (tertiary alicyclic amines) is 1. The van der Waals surface area contributed by atoms with Crippen molar-refractivity contribution in [3.8, 4) is 0 Å². The summed E-state index contributed by atoms with van der Waals surface area (Å²) >= 11 is 1.82. The van der Waals surface area contributed by atoms with E-state index in [0.717, 1.165) is 32.4 Å². The predicted molar refractivity (Wildman–Crippen MR) is 65.6 cm³/mol. The molecule has 0 N–H and O–H groups in total. The molecular weight excluding hydrogens is 218 g/mol. The van der Waals surface area contributed by atoms with Crippen LogP contribution in [0.2, 0.25) is 0 Å². The zero-order valence-electron chi connectivity index (χ0n) is 9.39. The Labute approximate surface area is 100 Å². The molecule has 1 saturated heterocycles. The van der Waals surface area contributed by atoms with E-state index in [1.54, 1.807) is 0 Å². The molecule has 1 aromatic heterocycles. The van der Waals surface area contributed by atoms with Crippen LogP contribution in [0.5, 0.6) is 0 Å². The summed E-state index contributed by atoms with van der Waals surface area (Å²) in [6.07, 6.45) is 4.65. The molecule has 1 atom stereocenters. The molecule has 0 aromatic carbocycles. The minimum absolute atomic E-state index is 0.363. The van der Waals surface area contributed by atoms with Crippen LogP contribution in [0.15, 0.2) is 17.5 Å². The monoisotopic (exact) mass is 235 g/mol. The maximum atomic E-state index is 12.1. The SMILES string of the molecule is O=C(C1CCC1)N1CCC(c2cccs2)C1. The molecule has 86 valence electrons. The van der Waals surface area contributed by atoms with Crippen molar-refractivity contribution < 1.29 is 4.79 Å². The summed E-state index contributed by atoms with van der Waals surface area (Å²) < 4.78 is 0. The predicted octanol–water partition coefficient (Wildman–Crippen LogP) is 2.86. The second kappa shape index (κ2) is 4.21. The number of carbonyl (C=O) groups is 1. The highest BCUT2D eigenvalue weighted by molar-refractivity contribution is 7.10. The highest BCUT2D eigenvalue weighted by atomic mass is 32.1. The summed E-state index contributed by atoms with van der Waals surface area (Å²) in [5.74, 6) is 1.39. The molecule has 1 saturated carbocycles. The molecule has 1 aromatic rings. The normalized spacial score (nSPS) is 25.8. The van der Waals surface area contributed by atoms with Gasteiger partial charge in [0.2, 0.25) is 5.91 Å². The van der Waals surface area contributed by atoms with Gasteiger partial charge in [-0.25, -0.2) is 0 Å². The Kier molecular flexibility index (Phi) is 2.72. The van der Waals surface area contributed by atoms with E-state index in [1.807, 2.05) is 11.3 Å². The average Bonchev–Trinajstić information content (AvgIpc) is 2.86. The molecule has 2 heterocycles. The summed E-state index contributed by atoms with van der Waals surface area (Å²) in [6, 6.07) is 4.31. The Morgan fingerprint density at radius 1 is 1.38 bits per heavy atom. The molecule has 1 aliphatic carbocycles. The van der Waals surface area contributed by atoms with Gasteiger partial charge in [-0.2, -0.15) is 0 Å². The van der Waals surface area contributed by atoms with Gasteiger partial charge in [0.1, 0.15) is 0 Å². The minimum atomic E-state index is 0.363. The maximum Gasteiger partial charge on any atom is 0.225 e. The van der Waals surface area contributed by atoms with Crippen molar-refractivity contribution >= 4 is 17.2 Å². The highest BCUT2D eigenvalue weighted by Gasteiger charge is 2.34. The van der Waals surface area contributed by atoms with Crippen molar-refractivity contribution in [2.24, 2.45) is 5.92 Å². The molecule has 0 bridgehead atoms.